The van der Waals surface area contributed by atoms with Gasteiger partial charge in [0.25, 0.3) is 0 Å². The highest BCUT2D eigenvalue weighted by atomic mass is 16.4. The van der Waals surface area contributed by atoms with E-state index in [2.05, 4.69) is 0 Å². The Bertz CT molecular complexity index is 473. The molecule has 0 radical (unpaired) electrons. The molecule has 1 aliphatic carbocycles. The molecule has 6 heteroatoms. The number of hydrogen-bond acceptors (Lipinski definition) is 4. The Hall–Kier alpha value is -1.40. The number of carboxylic acid groups (broad SMARTS) is 1. The van der Waals surface area contributed by atoms with E-state index in [0.29, 0.717) is 6.42 Å². The zero-order valence-corrected chi connectivity index (χ0v) is 10.6. The standard InChI is InChI=1S/C13H18N2O4/c14-8-3-1-2-6-9(8)11(13(18)19)15-10(6)7(4-5-16)12(15)17/h6-8,10,16H,1-5,14H2,(H,18,19)/t6-,7-,8-,10+/m0/s1. The van der Waals surface area contributed by atoms with Crippen LogP contribution in [0.5, 0.6) is 0 Å². The maximum atomic E-state index is 12.1. The molecular formula is C13H18N2O4. The Labute approximate surface area is 110 Å². The summed E-state index contributed by atoms with van der Waals surface area (Å²) < 4.78 is 0. The Morgan fingerprint density at radius 2 is 2.16 bits per heavy atom. The van der Waals surface area contributed by atoms with Crippen LogP contribution in [-0.4, -0.2) is 45.7 Å². The van der Waals surface area contributed by atoms with E-state index in [4.69, 9.17) is 10.8 Å². The number of nitrogens with two attached hydrogens (primary N) is 1. The molecule has 19 heavy (non-hydrogen) atoms. The lowest BCUT2D eigenvalue weighted by Crippen LogP contribution is -2.61. The van der Waals surface area contributed by atoms with Crippen molar-refractivity contribution in [2.75, 3.05) is 6.61 Å². The minimum Gasteiger partial charge on any atom is -0.477 e. The maximum Gasteiger partial charge on any atom is 0.352 e. The average Bonchev–Trinajstić information content (AvgIpc) is 2.68. The summed E-state index contributed by atoms with van der Waals surface area (Å²) in [7, 11) is 0. The van der Waals surface area contributed by atoms with Crippen molar-refractivity contribution in [2.45, 2.75) is 37.8 Å². The SMILES string of the molecule is N[C@H]1CCC[C@H]2C1=C(C(=O)O)N1C(=O)[C@@H](CCO)[C@@H]21. The number of β-lactam (4-membered cyclic amide) rings is 1. The molecule has 1 saturated heterocycles. The summed E-state index contributed by atoms with van der Waals surface area (Å²) in [6.07, 6.45) is 3.04. The van der Waals surface area contributed by atoms with E-state index in [-0.39, 0.29) is 42.1 Å². The van der Waals surface area contributed by atoms with Crippen molar-refractivity contribution in [1.29, 1.82) is 0 Å². The van der Waals surface area contributed by atoms with Crippen LogP contribution in [0.15, 0.2) is 11.3 Å². The molecule has 3 aliphatic rings. The lowest BCUT2D eigenvalue weighted by atomic mass is 9.72. The first kappa shape index (κ1) is 12.6. The van der Waals surface area contributed by atoms with Crippen LogP contribution in [0.4, 0.5) is 0 Å². The second-order valence-electron chi connectivity index (χ2n) is 5.57. The van der Waals surface area contributed by atoms with Gasteiger partial charge in [0.2, 0.25) is 5.91 Å². The fourth-order valence-electron chi connectivity index (χ4n) is 3.94. The minimum atomic E-state index is -1.06. The van der Waals surface area contributed by atoms with Gasteiger partial charge in [-0.05, 0) is 24.8 Å². The molecule has 3 rings (SSSR count). The summed E-state index contributed by atoms with van der Waals surface area (Å²) in [6.45, 7) is -0.0444. The molecule has 6 nitrogen and oxygen atoms in total. The van der Waals surface area contributed by atoms with Crippen molar-refractivity contribution in [3.05, 3.63) is 11.3 Å². The summed E-state index contributed by atoms with van der Waals surface area (Å²) >= 11 is 0. The van der Waals surface area contributed by atoms with E-state index in [0.717, 1.165) is 24.8 Å². The fourth-order valence-corrected chi connectivity index (χ4v) is 3.94. The normalized spacial score (nSPS) is 36.9. The smallest absolute Gasteiger partial charge is 0.352 e. The summed E-state index contributed by atoms with van der Waals surface area (Å²) in [6, 6.07) is -0.342. The molecule has 0 aromatic rings. The molecule has 0 aromatic heterocycles. The monoisotopic (exact) mass is 266 g/mol. The van der Waals surface area contributed by atoms with Crippen molar-refractivity contribution in [2.24, 2.45) is 17.6 Å². The molecule has 4 N–H and O–H groups in total. The number of hydrogen-bond donors (Lipinski definition) is 3. The predicted molar refractivity (Wildman–Crippen MR) is 65.8 cm³/mol. The molecular weight excluding hydrogens is 248 g/mol. The maximum absolute atomic E-state index is 12.1. The first-order chi connectivity index (χ1) is 9.07. The second-order valence-corrected chi connectivity index (χ2v) is 5.57. The van der Waals surface area contributed by atoms with Gasteiger partial charge in [0.15, 0.2) is 0 Å². The third kappa shape index (κ3) is 1.56. The Morgan fingerprint density at radius 1 is 1.42 bits per heavy atom. The van der Waals surface area contributed by atoms with E-state index in [1.165, 1.54) is 4.90 Å². The summed E-state index contributed by atoms with van der Waals surface area (Å²) in [4.78, 5) is 24.9. The molecule has 2 fully saturated rings. The molecule has 0 bridgehead atoms. The fraction of sp³-hybridized carbons (Fsp3) is 0.692. The molecule has 4 atom stereocenters. The molecule has 2 heterocycles. The van der Waals surface area contributed by atoms with Gasteiger partial charge in [-0.25, -0.2) is 4.79 Å². The first-order valence-electron chi connectivity index (χ1n) is 6.74. The number of fused-ring (bicyclic) bond motifs is 3. The second kappa shape index (κ2) is 4.31. The van der Waals surface area contributed by atoms with Gasteiger partial charge in [0, 0.05) is 18.6 Å². The quantitative estimate of drug-likeness (QED) is 0.607. The molecule has 1 saturated carbocycles. The van der Waals surface area contributed by atoms with Gasteiger partial charge < -0.3 is 20.8 Å². The number of amides is 1. The number of nitrogens with zero attached hydrogens (tertiary/aromatic N) is 1. The number of aliphatic hydroxyl groups is 1. The van der Waals surface area contributed by atoms with Crippen LogP contribution in [-0.2, 0) is 9.59 Å². The number of aliphatic carboxylic acids is 1. The lowest BCUT2D eigenvalue weighted by Gasteiger charge is -2.46. The van der Waals surface area contributed by atoms with Crippen LogP contribution in [0.2, 0.25) is 0 Å². The lowest BCUT2D eigenvalue weighted by molar-refractivity contribution is -0.157. The zero-order valence-electron chi connectivity index (χ0n) is 10.6. The molecule has 2 aliphatic heterocycles. The highest BCUT2D eigenvalue weighted by Crippen LogP contribution is 2.51. The van der Waals surface area contributed by atoms with Gasteiger partial charge in [-0.3, -0.25) is 4.79 Å². The van der Waals surface area contributed by atoms with Gasteiger partial charge in [-0.1, -0.05) is 6.42 Å². The molecule has 1 amide bonds. The van der Waals surface area contributed by atoms with Crippen LogP contribution < -0.4 is 5.73 Å². The number of carboxylic acids is 1. The Morgan fingerprint density at radius 3 is 2.79 bits per heavy atom. The minimum absolute atomic E-state index is 0.0444. The topological polar surface area (TPSA) is 104 Å². The zero-order chi connectivity index (χ0) is 13.7. The van der Waals surface area contributed by atoms with Crippen molar-refractivity contribution < 1.29 is 19.8 Å². The van der Waals surface area contributed by atoms with Gasteiger partial charge in [-0.2, -0.15) is 0 Å². The largest absolute Gasteiger partial charge is 0.477 e. The van der Waals surface area contributed by atoms with Gasteiger partial charge >= 0.3 is 5.97 Å². The van der Waals surface area contributed by atoms with Gasteiger partial charge in [0.1, 0.15) is 5.70 Å². The summed E-state index contributed by atoms with van der Waals surface area (Å²) in [5.41, 5.74) is 6.92. The van der Waals surface area contributed by atoms with E-state index < -0.39 is 5.97 Å². The van der Waals surface area contributed by atoms with Crippen molar-refractivity contribution in [1.82, 2.24) is 4.90 Å². The number of aliphatic hydroxyl groups excluding tert-OH is 1. The van der Waals surface area contributed by atoms with Crippen LogP contribution in [0, 0.1) is 11.8 Å². The average molecular weight is 266 g/mol. The first-order valence-corrected chi connectivity index (χ1v) is 6.74. The summed E-state index contributed by atoms with van der Waals surface area (Å²) in [5, 5.41) is 18.4. The van der Waals surface area contributed by atoms with E-state index in [1.807, 2.05) is 0 Å². The Balaban J connectivity index is 1.99. The van der Waals surface area contributed by atoms with Crippen molar-refractivity contribution in [3.8, 4) is 0 Å². The van der Waals surface area contributed by atoms with Crippen LogP contribution in [0.1, 0.15) is 25.7 Å². The third-order valence-electron chi connectivity index (χ3n) is 4.66. The van der Waals surface area contributed by atoms with Gasteiger partial charge in [0.05, 0.1) is 12.0 Å². The van der Waals surface area contributed by atoms with Crippen molar-refractivity contribution in [3.63, 3.8) is 0 Å². The number of rotatable bonds is 3. The molecule has 0 unspecified atom stereocenters. The van der Waals surface area contributed by atoms with Crippen LogP contribution >= 0.6 is 0 Å². The molecule has 0 spiro atoms. The summed E-state index contributed by atoms with van der Waals surface area (Å²) in [5.74, 6) is -1.41. The van der Waals surface area contributed by atoms with Gasteiger partial charge in [-0.15, -0.1) is 0 Å². The number of carbonyl (C=O) groups excluding carboxylic acids is 1. The molecule has 104 valence electrons. The van der Waals surface area contributed by atoms with Crippen molar-refractivity contribution >= 4 is 11.9 Å². The Kier molecular flexibility index (Phi) is 2.87. The predicted octanol–water partition coefficient (Wildman–Crippen LogP) is -0.324. The highest BCUT2D eigenvalue weighted by Gasteiger charge is 2.60. The highest BCUT2D eigenvalue weighted by molar-refractivity contribution is 6.00. The molecule has 0 aromatic carbocycles. The van der Waals surface area contributed by atoms with E-state index in [1.54, 1.807) is 0 Å². The van der Waals surface area contributed by atoms with Crippen LogP contribution in [0.25, 0.3) is 0 Å². The van der Waals surface area contributed by atoms with E-state index >= 15 is 0 Å². The third-order valence-corrected chi connectivity index (χ3v) is 4.66. The van der Waals surface area contributed by atoms with E-state index in [9.17, 15) is 14.7 Å². The number of carbonyl (C=O) groups is 2. The van der Waals surface area contributed by atoms with Crippen LogP contribution in [0.3, 0.4) is 0 Å².